The number of Topliss-reactive ketones (excluding diaryl/α,β-unsaturated/α-hetero) is 1. The molecule has 100 valence electrons. The number of phenolic OH excluding ortho intramolecular Hbond substituents is 2. The standard InChI is InChI=1S/C15H10ClNO3/c16-12-5-8(1-4-14(12)19)11-7-17-13-3-2-9(18)6-10(13)15(11)20/h1-7,11,18-19H. The molecular formula is C15H10ClNO3. The fourth-order valence-electron chi connectivity index (χ4n) is 2.18. The van der Waals surface area contributed by atoms with E-state index in [1.54, 1.807) is 24.4 Å². The van der Waals surface area contributed by atoms with E-state index in [4.69, 9.17) is 11.6 Å². The van der Waals surface area contributed by atoms with E-state index < -0.39 is 5.92 Å². The third-order valence-corrected chi connectivity index (χ3v) is 3.52. The largest absolute Gasteiger partial charge is 0.508 e. The van der Waals surface area contributed by atoms with Crippen LogP contribution in [0.1, 0.15) is 21.8 Å². The molecule has 0 amide bonds. The quantitative estimate of drug-likeness (QED) is 0.844. The zero-order valence-corrected chi connectivity index (χ0v) is 11.0. The maximum absolute atomic E-state index is 12.5. The number of hydrogen-bond acceptors (Lipinski definition) is 4. The molecule has 1 atom stereocenters. The molecule has 0 aliphatic carbocycles. The first-order valence-corrected chi connectivity index (χ1v) is 6.34. The van der Waals surface area contributed by atoms with Crippen molar-refractivity contribution >= 4 is 29.3 Å². The summed E-state index contributed by atoms with van der Waals surface area (Å²) in [6.45, 7) is 0. The molecule has 0 radical (unpaired) electrons. The number of hydrogen-bond donors (Lipinski definition) is 2. The van der Waals surface area contributed by atoms with Crippen molar-refractivity contribution in [2.24, 2.45) is 4.99 Å². The summed E-state index contributed by atoms with van der Waals surface area (Å²) in [6.07, 6.45) is 1.55. The molecule has 2 N–H and O–H groups in total. The minimum Gasteiger partial charge on any atom is -0.508 e. The van der Waals surface area contributed by atoms with E-state index in [2.05, 4.69) is 4.99 Å². The number of rotatable bonds is 1. The first-order valence-electron chi connectivity index (χ1n) is 5.96. The highest BCUT2D eigenvalue weighted by Crippen LogP contribution is 2.35. The second-order valence-corrected chi connectivity index (χ2v) is 4.94. The average Bonchev–Trinajstić information content (AvgIpc) is 2.43. The first kappa shape index (κ1) is 12.7. The number of nitrogens with zero attached hydrogens (tertiary/aromatic N) is 1. The predicted molar refractivity (Wildman–Crippen MR) is 76.4 cm³/mol. The van der Waals surface area contributed by atoms with Gasteiger partial charge in [0.2, 0.25) is 0 Å². The van der Waals surface area contributed by atoms with Gasteiger partial charge in [0, 0.05) is 11.8 Å². The summed E-state index contributed by atoms with van der Waals surface area (Å²) in [7, 11) is 0. The van der Waals surface area contributed by atoms with E-state index in [1.807, 2.05) is 0 Å². The molecule has 20 heavy (non-hydrogen) atoms. The smallest absolute Gasteiger partial charge is 0.177 e. The Labute approximate surface area is 120 Å². The lowest BCUT2D eigenvalue weighted by Crippen LogP contribution is -2.17. The topological polar surface area (TPSA) is 69.9 Å². The van der Waals surface area contributed by atoms with Gasteiger partial charge >= 0.3 is 0 Å². The van der Waals surface area contributed by atoms with Crippen molar-refractivity contribution in [3.63, 3.8) is 0 Å². The van der Waals surface area contributed by atoms with Crippen molar-refractivity contribution in [1.29, 1.82) is 0 Å². The molecule has 1 unspecified atom stereocenters. The number of aliphatic imine (C=N–C) groups is 1. The lowest BCUT2D eigenvalue weighted by molar-refractivity contribution is 0.0982. The molecule has 0 fully saturated rings. The molecule has 4 nitrogen and oxygen atoms in total. The number of phenols is 2. The van der Waals surface area contributed by atoms with Crippen LogP contribution in [0, 0.1) is 0 Å². The van der Waals surface area contributed by atoms with Crippen LogP contribution >= 0.6 is 11.6 Å². The monoisotopic (exact) mass is 287 g/mol. The Morgan fingerprint density at radius 1 is 1.10 bits per heavy atom. The molecule has 0 saturated carbocycles. The summed E-state index contributed by atoms with van der Waals surface area (Å²) in [5.74, 6) is -0.736. The Morgan fingerprint density at radius 3 is 2.65 bits per heavy atom. The van der Waals surface area contributed by atoms with Crippen LogP contribution in [0.2, 0.25) is 5.02 Å². The second-order valence-electron chi connectivity index (χ2n) is 4.53. The van der Waals surface area contributed by atoms with Crippen LogP contribution in [0.3, 0.4) is 0 Å². The van der Waals surface area contributed by atoms with Crippen molar-refractivity contribution in [3.8, 4) is 11.5 Å². The minimum absolute atomic E-state index is 0.0247. The van der Waals surface area contributed by atoms with Crippen LogP contribution in [-0.2, 0) is 0 Å². The third kappa shape index (κ3) is 2.04. The number of fused-ring (bicyclic) bond motifs is 1. The zero-order valence-electron chi connectivity index (χ0n) is 10.2. The molecule has 2 aromatic carbocycles. The first-order chi connectivity index (χ1) is 9.56. The molecule has 1 aliphatic rings. The molecule has 1 aliphatic heterocycles. The summed E-state index contributed by atoms with van der Waals surface area (Å²) in [5.41, 5.74) is 1.56. The number of aromatic hydroxyl groups is 2. The van der Waals surface area contributed by atoms with Crippen molar-refractivity contribution in [2.45, 2.75) is 5.92 Å². The van der Waals surface area contributed by atoms with E-state index in [1.165, 1.54) is 18.2 Å². The van der Waals surface area contributed by atoms with Gasteiger partial charge in [-0.15, -0.1) is 0 Å². The molecule has 0 bridgehead atoms. The van der Waals surface area contributed by atoms with Gasteiger partial charge in [-0.25, -0.2) is 0 Å². The fraction of sp³-hybridized carbons (Fsp3) is 0.0667. The molecule has 0 spiro atoms. The van der Waals surface area contributed by atoms with E-state index in [9.17, 15) is 15.0 Å². The second kappa shape index (κ2) is 4.65. The Bertz CT molecular complexity index is 740. The number of carbonyl (C=O) groups excluding carboxylic acids is 1. The molecular weight excluding hydrogens is 278 g/mol. The van der Waals surface area contributed by atoms with Crippen LogP contribution in [-0.4, -0.2) is 22.2 Å². The van der Waals surface area contributed by atoms with Gasteiger partial charge < -0.3 is 10.2 Å². The van der Waals surface area contributed by atoms with Crippen molar-refractivity contribution in [1.82, 2.24) is 0 Å². The Balaban J connectivity index is 2.05. The van der Waals surface area contributed by atoms with Crippen molar-refractivity contribution < 1.29 is 15.0 Å². The molecule has 0 saturated heterocycles. The molecule has 0 aromatic heterocycles. The minimum atomic E-state index is -0.567. The van der Waals surface area contributed by atoms with Gasteiger partial charge in [-0.1, -0.05) is 17.7 Å². The molecule has 2 aromatic rings. The zero-order chi connectivity index (χ0) is 14.3. The van der Waals surface area contributed by atoms with Gasteiger partial charge in [-0.2, -0.15) is 0 Å². The number of ketones is 1. The summed E-state index contributed by atoms with van der Waals surface area (Å²) >= 11 is 5.86. The molecule has 5 heteroatoms. The van der Waals surface area contributed by atoms with Crippen molar-refractivity contribution in [3.05, 3.63) is 52.5 Å². The third-order valence-electron chi connectivity index (χ3n) is 3.22. The van der Waals surface area contributed by atoms with Crippen molar-refractivity contribution in [2.75, 3.05) is 0 Å². The van der Waals surface area contributed by atoms with Crippen LogP contribution in [0.4, 0.5) is 5.69 Å². The number of benzene rings is 2. The van der Waals surface area contributed by atoms with Crippen LogP contribution in [0.25, 0.3) is 0 Å². The highest BCUT2D eigenvalue weighted by Gasteiger charge is 2.27. The number of carbonyl (C=O) groups is 1. The highest BCUT2D eigenvalue weighted by molar-refractivity contribution is 6.32. The maximum atomic E-state index is 12.5. The average molecular weight is 288 g/mol. The van der Waals surface area contributed by atoms with E-state index >= 15 is 0 Å². The van der Waals surface area contributed by atoms with Gasteiger partial charge in [-0.05, 0) is 35.9 Å². The van der Waals surface area contributed by atoms with Gasteiger partial charge in [-0.3, -0.25) is 9.79 Å². The van der Waals surface area contributed by atoms with E-state index in [0.717, 1.165) is 0 Å². The highest BCUT2D eigenvalue weighted by atomic mass is 35.5. The summed E-state index contributed by atoms with van der Waals surface area (Å²) in [4.78, 5) is 16.7. The molecule has 1 heterocycles. The fourth-order valence-corrected chi connectivity index (χ4v) is 2.37. The van der Waals surface area contributed by atoms with Gasteiger partial charge in [0.15, 0.2) is 5.78 Å². The molecule has 3 rings (SSSR count). The lowest BCUT2D eigenvalue weighted by Gasteiger charge is -2.18. The summed E-state index contributed by atoms with van der Waals surface area (Å²) < 4.78 is 0. The Morgan fingerprint density at radius 2 is 1.90 bits per heavy atom. The lowest BCUT2D eigenvalue weighted by atomic mass is 9.89. The SMILES string of the molecule is O=C1c2cc(O)ccc2N=CC1c1ccc(O)c(Cl)c1. The van der Waals surface area contributed by atoms with Gasteiger partial charge in [0.05, 0.1) is 16.6 Å². The van der Waals surface area contributed by atoms with Crippen LogP contribution in [0.15, 0.2) is 41.4 Å². The Kier molecular flexibility index (Phi) is 2.95. The predicted octanol–water partition coefficient (Wildman–Crippen LogP) is 3.43. The van der Waals surface area contributed by atoms with E-state index in [0.29, 0.717) is 16.8 Å². The van der Waals surface area contributed by atoms with Gasteiger partial charge in [0.1, 0.15) is 11.5 Å². The summed E-state index contributed by atoms with van der Waals surface area (Å²) in [5, 5.41) is 19.1. The Hall–Kier alpha value is -2.33. The van der Waals surface area contributed by atoms with Crippen LogP contribution < -0.4 is 0 Å². The van der Waals surface area contributed by atoms with Gasteiger partial charge in [0.25, 0.3) is 0 Å². The number of halogens is 1. The van der Waals surface area contributed by atoms with Crippen LogP contribution in [0.5, 0.6) is 11.5 Å². The maximum Gasteiger partial charge on any atom is 0.177 e. The summed E-state index contributed by atoms with van der Waals surface area (Å²) in [6, 6.07) is 9.10. The van der Waals surface area contributed by atoms with E-state index in [-0.39, 0.29) is 22.3 Å². The normalized spacial score (nSPS) is 17.1.